The van der Waals surface area contributed by atoms with Gasteiger partial charge in [0.2, 0.25) is 21.9 Å². The van der Waals surface area contributed by atoms with Gasteiger partial charge in [-0.15, -0.1) is 5.10 Å². The van der Waals surface area contributed by atoms with Crippen molar-refractivity contribution in [3.63, 3.8) is 0 Å². The van der Waals surface area contributed by atoms with E-state index in [9.17, 15) is 22.0 Å². The standard InChI is InChI=1S/C17H14F2N6O3S/c18-13-2-1-3-14(19)12(13)8-9-15(26)25-16(20)23-17(24-25)22-10-4-6-11(7-5-10)29(21,27)28/h1-9H,(H2,21,27,28)(H3,20,22,23,24). The number of allylic oxidation sites excluding steroid dienone is 1. The molecule has 12 heteroatoms. The van der Waals surface area contributed by atoms with Gasteiger partial charge in [-0.05, 0) is 42.5 Å². The number of aromatic nitrogens is 3. The minimum Gasteiger partial charge on any atom is -0.368 e. The maximum absolute atomic E-state index is 13.6. The molecule has 29 heavy (non-hydrogen) atoms. The molecule has 0 saturated carbocycles. The first-order chi connectivity index (χ1) is 13.6. The van der Waals surface area contributed by atoms with Crippen molar-refractivity contribution in [3.8, 4) is 0 Å². The summed E-state index contributed by atoms with van der Waals surface area (Å²) in [5.41, 5.74) is 5.68. The van der Waals surface area contributed by atoms with E-state index in [1.807, 2.05) is 0 Å². The van der Waals surface area contributed by atoms with Crippen LogP contribution >= 0.6 is 0 Å². The molecule has 3 rings (SSSR count). The Labute approximate surface area is 163 Å². The highest BCUT2D eigenvalue weighted by atomic mass is 32.2. The summed E-state index contributed by atoms with van der Waals surface area (Å²) >= 11 is 0. The number of primary sulfonamides is 1. The summed E-state index contributed by atoms with van der Waals surface area (Å²) in [7, 11) is -3.83. The van der Waals surface area contributed by atoms with Gasteiger partial charge in [-0.2, -0.15) is 9.67 Å². The lowest BCUT2D eigenvalue weighted by Gasteiger charge is -2.02. The van der Waals surface area contributed by atoms with Gasteiger partial charge in [0.15, 0.2) is 0 Å². The van der Waals surface area contributed by atoms with Crippen molar-refractivity contribution < 1.29 is 22.0 Å². The summed E-state index contributed by atoms with van der Waals surface area (Å²) in [5, 5.41) is 11.6. The molecule has 2 aromatic carbocycles. The van der Waals surface area contributed by atoms with E-state index in [2.05, 4.69) is 15.4 Å². The number of nitrogens with zero attached hydrogens (tertiary/aromatic N) is 3. The minimum absolute atomic E-state index is 0.0512. The Balaban J connectivity index is 1.78. The topological polar surface area (TPSA) is 146 Å². The first-order valence-electron chi connectivity index (χ1n) is 7.94. The minimum atomic E-state index is -3.83. The van der Waals surface area contributed by atoms with Crippen LogP contribution in [0.1, 0.15) is 10.4 Å². The number of hydrogen-bond donors (Lipinski definition) is 3. The van der Waals surface area contributed by atoms with Gasteiger partial charge in [-0.3, -0.25) is 4.79 Å². The third-order valence-electron chi connectivity index (χ3n) is 3.67. The molecule has 5 N–H and O–H groups in total. The number of sulfonamides is 1. The fraction of sp³-hybridized carbons (Fsp3) is 0. The number of nitrogen functional groups attached to an aromatic ring is 1. The molecule has 0 aliphatic heterocycles. The first-order valence-corrected chi connectivity index (χ1v) is 9.48. The Morgan fingerprint density at radius 1 is 1.10 bits per heavy atom. The molecular formula is C17H14F2N6O3S. The van der Waals surface area contributed by atoms with Gasteiger partial charge in [0.25, 0.3) is 5.91 Å². The Kier molecular flexibility index (Phi) is 5.39. The summed E-state index contributed by atoms with van der Waals surface area (Å²) in [4.78, 5) is 16.0. The predicted molar refractivity (Wildman–Crippen MR) is 102 cm³/mol. The fourth-order valence-electron chi connectivity index (χ4n) is 2.29. The molecule has 0 bridgehead atoms. The SMILES string of the molecule is Nc1nc(Nc2ccc(S(N)(=O)=O)cc2)nn1C(=O)C=Cc1c(F)cccc1F. The lowest BCUT2D eigenvalue weighted by molar-refractivity contribution is 0.0958. The molecule has 0 fully saturated rings. The van der Waals surface area contributed by atoms with Crippen LogP contribution in [0.25, 0.3) is 6.08 Å². The highest BCUT2D eigenvalue weighted by Crippen LogP contribution is 2.18. The van der Waals surface area contributed by atoms with E-state index in [4.69, 9.17) is 10.9 Å². The molecule has 0 unspecified atom stereocenters. The Hall–Kier alpha value is -3.64. The maximum atomic E-state index is 13.6. The van der Waals surface area contributed by atoms with Crippen LogP contribution in [-0.2, 0) is 10.0 Å². The summed E-state index contributed by atoms with van der Waals surface area (Å²) in [6.07, 6.45) is 1.87. The number of benzene rings is 2. The monoisotopic (exact) mass is 420 g/mol. The summed E-state index contributed by atoms with van der Waals surface area (Å²) in [6.45, 7) is 0. The molecule has 0 amide bonds. The van der Waals surface area contributed by atoms with E-state index in [-0.39, 0.29) is 22.4 Å². The summed E-state index contributed by atoms with van der Waals surface area (Å²) < 4.78 is 50.5. The molecule has 1 aromatic heterocycles. The van der Waals surface area contributed by atoms with Crippen molar-refractivity contribution in [2.75, 3.05) is 11.1 Å². The zero-order valence-corrected chi connectivity index (χ0v) is 15.4. The molecule has 0 spiro atoms. The highest BCUT2D eigenvalue weighted by Gasteiger charge is 2.13. The van der Waals surface area contributed by atoms with Crippen molar-refractivity contribution in [2.45, 2.75) is 4.90 Å². The number of anilines is 3. The third kappa shape index (κ3) is 4.62. The van der Waals surface area contributed by atoms with Gasteiger partial charge in [0.1, 0.15) is 11.6 Å². The van der Waals surface area contributed by atoms with Gasteiger partial charge in [0, 0.05) is 17.3 Å². The molecular weight excluding hydrogens is 406 g/mol. The van der Waals surface area contributed by atoms with Crippen molar-refractivity contribution in [3.05, 3.63) is 65.7 Å². The second kappa shape index (κ2) is 7.77. The number of nitrogens with one attached hydrogen (secondary N) is 1. The summed E-state index contributed by atoms with van der Waals surface area (Å²) in [5.74, 6) is -2.76. The van der Waals surface area contributed by atoms with E-state index in [1.54, 1.807) is 0 Å². The third-order valence-corrected chi connectivity index (χ3v) is 4.60. The van der Waals surface area contributed by atoms with Crippen LogP contribution in [0.4, 0.5) is 26.4 Å². The normalized spacial score (nSPS) is 11.7. The average Bonchev–Trinajstić information content (AvgIpc) is 3.01. The lowest BCUT2D eigenvalue weighted by Crippen LogP contribution is -2.13. The zero-order valence-electron chi connectivity index (χ0n) is 14.6. The van der Waals surface area contributed by atoms with Crippen molar-refractivity contribution in [2.24, 2.45) is 5.14 Å². The molecule has 0 aliphatic carbocycles. The number of hydrogen-bond acceptors (Lipinski definition) is 7. The number of nitrogens with two attached hydrogens (primary N) is 2. The molecule has 0 atom stereocenters. The highest BCUT2D eigenvalue weighted by molar-refractivity contribution is 7.89. The van der Waals surface area contributed by atoms with Crippen LogP contribution in [0, 0.1) is 11.6 Å². The number of carbonyl (C=O) groups excluding carboxylic acids is 1. The molecule has 0 saturated heterocycles. The van der Waals surface area contributed by atoms with Gasteiger partial charge in [0.05, 0.1) is 4.90 Å². The Morgan fingerprint density at radius 3 is 2.31 bits per heavy atom. The van der Waals surface area contributed by atoms with Crippen LogP contribution < -0.4 is 16.2 Å². The fourth-order valence-corrected chi connectivity index (χ4v) is 2.81. The van der Waals surface area contributed by atoms with E-state index >= 15 is 0 Å². The average molecular weight is 420 g/mol. The first kappa shape index (κ1) is 20.1. The van der Waals surface area contributed by atoms with Crippen LogP contribution in [0.15, 0.2) is 53.4 Å². The molecule has 9 nitrogen and oxygen atoms in total. The molecule has 0 radical (unpaired) electrons. The molecule has 3 aromatic rings. The van der Waals surface area contributed by atoms with Gasteiger partial charge in [-0.1, -0.05) is 6.07 Å². The molecule has 0 aliphatic rings. The van der Waals surface area contributed by atoms with E-state index in [1.165, 1.54) is 30.3 Å². The van der Waals surface area contributed by atoms with Crippen molar-refractivity contribution in [1.82, 2.24) is 14.8 Å². The maximum Gasteiger partial charge on any atom is 0.274 e. The quantitative estimate of drug-likeness (QED) is 0.534. The smallest absolute Gasteiger partial charge is 0.274 e. The molecule has 150 valence electrons. The number of carbonyl (C=O) groups is 1. The van der Waals surface area contributed by atoms with Gasteiger partial charge >= 0.3 is 0 Å². The van der Waals surface area contributed by atoms with Crippen LogP contribution in [0.3, 0.4) is 0 Å². The van der Waals surface area contributed by atoms with E-state index < -0.39 is 27.6 Å². The van der Waals surface area contributed by atoms with Gasteiger partial charge < -0.3 is 11.1 Å². The largest absolute Gasteiger partial charge is 0.368 e. The second-order valence-corrected chi connectivity index (χ2v) is 7.27. The van der Waals surface area contributed by atoms with Gasteiger partial charge in [-0.25, -0.2) is 22.3 Å². The molecule has 1 heterocycles. The Bertz CT molecular complexity index is 1190. The van der Waals surface area contributed by atoms with Crippen molar-refractivity contribution in [1.29, 1.82) is 0 Å². The second-order valence-electron chi connectivity index (χ2n) is 5.71. The zero-order chi connectivity index (χ0) is 21.2. The van der Waals surface area contributed by atoms with Crippen LogP contribution in [-0.4, -0.2) is 29.1 Å². The van der Waals surface area contributed by atoms with E-state index in [0.29, 0.717) is 5.69 Å². The predicted octanol–water partition coefficient (Wildman–Crippen LogP) is 1.88. The van der Waals surface area contributed by atoms with Crippen LogP contribution in [0.2, 0.25) is 0 Å². The Morgan fingerprint density at radius 2 is 1.72 bits per heavy atom. The lowest BCUT2D eigenvalue weighted by atomic mass is 10.2. The van der Waals surface area contributed by atoms with Crippen LogP contribution in [0.5, 0.6) is 0 Å². The van der Waals surface area contributed by atoms with Crippen molar-refractivity contribution >= 4 is 39.6 Å². The number of halogens is 2. The number of rotatable bonds is 5. The summed E-state index contributed by atoms with van der Waals surface area (Å²) in [6, 6.07) is 8.69. The van der Waals surface area contributed by atoms with E-state index in [0.717, 1.165) is 29.0 Å².